The molecule has 84 valence electrons. The van der Waals surface area contributed by atoms with Crippen molar-refractivity contribution in [3.05, 3.63) is 30.6 Å². The highest BCUT2D eigenvalue weighted by Gasteiger charge is 2.12. The Hall–Kier alpha value is -2.70. The van der Waals surface area contributed by atoms with Crippen molar-refractivity contribution in [2.24, 2.45) is 0 Å². The van der Waals surface area contributed by atoms with Gasteiger partial charge in [-0.05, 0) is 12.1 Å². The zero-order chi connectivity index (χ0) is 11.8. The van der Waals surface area contributed by atoms with Gasteiger partial charge < -0.3 is 11.5 Å². The van der Waals surface area contributed by atoms with Crippen LogP contribution in [0.4, 0.5) is 11.9 Å². The summed E-state index contributed by atoms with van der Waals surface area (Å²) >= 11 is 0. The van der Waals surface area contributed by atoms with Gasteiger partial charge in [-0.3, -0.25) is 0 Å². The van der Waals surface area contributed by atoms with Crippen LogP contribution in [0.2, 0.25) is 0 Å². The molecule has 7 heteroatoms. The molecule has 0 aliphatic carbocycles. The van der Waals surface area contributed by atoms with E-state index in [1.165, 1.54) is 6.20 Å². The first-order chi connectivity index (χ1) is 8.25. The SMILES string of the molecule is Nc1ncc2nc(N)n(-c3ccccn3)c2n1. The van der Waals surface area contributed by atoms with Crippen LogP contribution in [0.5, 0.6) is 0 Å². The number of nitrogen functional groups attached to an aromatic ring is 2. The molecular weight excluding hydrogens is 218 g/mol. The third kappa shape index (κ3) is 1.44. The Bertz CT molecular complexity index is 674. The molecule has 3 aromatic rings. The molecule has 0 fully saturated rings. The number of rotatable bonds is 1. The van der Waals surface area contributed by atoms with Gasteiger partial charge in [-0.1, -0.05) is 6.07 Å². The number of anilines is 2. The van der Waals surface area contributed by atoms with Crippen molar-refractivity contribution in [1.29, 1.82) is 0 Å². The molecule has 0 aliphatic rings. The number of imidazole rings is 1. The van der Waals surface area contributed by atoms with Crippen molar-refractivity contribution in [3.63, 3.8) is 0 Å². The van der Waals surface area contributed by atoms with Crippen LogP contribution in [0, 0.1) is 0 Å². The van der Waals surface area contributed by atoms with Gasteiger partial charge in [0.2, 0.25) is 11.9 Å². The topological polar surface area (TPSA) is 109 Å². The Kier molecular flexibility index (Phi) is 1.91. The van der Waals surface area contributed by atoms with Gasteiger partial charge >= 0.3 is 0 Å². The minimum atomic E-state index is 0.176. The van der Waals surface area contributed by atoms with Crippen LogP contribution in [0.1, 0.15) is 0 Å². The summed E-state index contributed by atoms with van der Waals surface area (Å²) in [4.78, 5) is 16.3. The number of nitrogens with two attached hydrogens (primary N) is 2. The Balaban J connectivity index is 2.35. The quantitative estimate of drug-likeness (QED) is 0.621. The summed E-state index contributed by atoms with van der Waals surface area (Å²) in [6.07, 6.45) is 3.21. The van der Waals surface area contributed by atoms with E-state index in [0.29, 0.717) is 22.9 Å². The van der Waals surface area contributed by atoms with Gasteiger partial charge in [0, 0.05) is 6.20 Å². The van der Waals surface area contributed by atoms with Crippen molar-refractivity contribution >= 4 is 23.1 Å². The maximum Gasteiger partial charge on any atom is 0.222 e. The van der Waals surface area contributed by atoms with Gasteiger partial charge in [0.15, 0.2) is 5.65 Å². The fraction of sp³-hybridized carbons (Fsp3) is 0. The highest BCUT2D eigenvalue weighted by molar-refractivity contribution is 5.76. The van der Waals surface area contributed by atoms with Gasteiger partial charge in [-0.15, -0.1) is 0 Å². The predicted molar refractivity (Wildman–Crippen MR) is 63.3 cm³/mol. The first-order valence-corrected chi connectivity index (χ1v) is 4.93. The molecule has 4 N–H and O–H groups in total. The van der Waals surface area contributed by atoms with E-state index < -0.39 is 0 Å². The molecule has 0 aliphatic heterocycles. The fourth-order valence-corrected chi connectivity index (χ4v) is 1.62. The van der Waals surface area contributed by atoms with Crippen LogP contribution < -0.4 is 11.5 Å². The average molecular weight is 227 g/mol. The van der Waals surface area contributed by atoms with E-state index >= 15 is 0 Å². The minimum absolute atomic E-state index is 0.176. The molecule has 3 heterocycles. The van der Waals surface area contributed by atoms with Crippen molar-refractivity contribution in [2.45, 2.75) is 0 Å². The van der Waals surface area contributed by atoms with Crippen LogP contribution in [-0.4, -0.2) is 24.5 Å². The lowest BCUT2D eigenvalue weighted by molar-refractivity contribution is 1.02. The molecule has 17 heavy (non-hydrogen) atoms. The van der Waals surface area contributed by atoms with Gasteiger partial charge in [-0.2, -0.15) is 4.98 Å². The molecule has 3 aromatic heterocycles. The maximum absolute atomic E-state index is 5.84. The first kappa shape index (κ1) is 9.52. The second kappa shape index (κ2) is 3.41. The summed E-state index contributed by atoms with van der Waals surface area (Å²) in [5.74, 6) is 1.12. The lowest BCUT2D eigenvalue weighted by atomic mass is 10.4. The van der Waals surface area contributed by atoms with E-state index in [1.54, 1.807) is 10.8 Å². The standard InChI is InChI=1S/C10H9N7/c11-9-14-5-6-8(16-9)17(10(12)15-6)7-3-1-2-4-13-7/h1-5H,(H2,12,15)(H2,11,14,16). The fourth-order valence-electron chi connectivity index (χ4n) is 1.62. The summed E-state index contributed by atoms with van der Waals surface area (Å²) in [6.45, 7) is 0. The maximum atomic E-state index is 5.84. The van der Waals surface area contributed by atoms with Crippen molar-refractivity contribution in [1.82, 2.24) is 24.5 Å². The summed E-state index contributed by atoms with van der Waals surface area (Å²) in [5.41, 5.74) is 12.5. The molecule has 0 saturated heterocycles. The van der Waals surface area contributed by atoms with E-state index in [4.69, 9.17) is 11.5 Å². The largest absolute Gasteiger partial charge is 0.369 e. The molecule has 3 rings (SSSR count). The van der Waals surface area contributed by atoms with Gasteiger partial charge in [0.05, 0.1) is 6.20 Å². The Labute approximate surface area is 96.1 Å². The van der Waals surface area contributed by atoms with Crippen molar-refractivity contribution in [3.8, 4) is 5.82 Å². The Morgan fingerprint density at radius 3 is 2.71 bits per heavy atom. The highest BCUT2D eigenvalue weighted by atomic mass is 15.2. The molecule has 0 saturated carbocycles. The van der Waals surface area contributed by atoms with E-state index in [2.05, 4.69) is 19.9 Å². The summed E-state index contributed by atoms with van der Waals surface area (Å²) in [6, 6.07) is 5.50. The van der Waals surface area contributed by atoms with E-state index in [1.807, 2.05) is 18.2 Å². The molecule has 0 spiro atoms. The molecule has 7 nitrogen and oxygen atoms in total. The van der Waals surface area contributed by atoms with E-state index in [-0.39, 0.29) is 5.95 Å². The lowest BCUT2D eigenvalue weighted by Crippen LogP contribution is -2.04. The van der Waals surface area contributed by atoms with Crippen molar-refractivity contribution < 1.29 is 0 Å². The number of aromatic nitrogens is 5. The summed E-state index contributed by atoms with van der Waals surface area (Å²) < 4.78 is 1.63. The van der Waals surface area contributed by atoms with Crippen LogP contribution in [0.3, 0.4) is 0 Å². The second-order valence-electron chi connectivity index (χ2n) is 3.43. The van der Waals surface area contributed by atoms with E-state index in [0.717, 1.165) is 0 Å². The van der Waals surface area contributed by atoms with Gasteiger partial charge in [0.25, 0.3) is 0 Å². The minimum Gasteiger partial charge on any atom is -0.369 e. The smallest absolute Gasteiger partial charge is 0.222 e. The Morgan fingerprint density at radius 2 is 1.94 bits per heavy atom. The number of pyridine rings is 1. The number of hydrogen-bond donors (Lipinski definition) is 2. The van der Waals surface area contributed by atoms with Crippen LogP contribution >= 0.6 is 0 Å². The normalized spacial score (nSPS) is 10.8. The first-order valence-electron chi connectivity index (χ1n) is 4.93. The Morgan fingerprint density at radius 1 is 1.06 bits per heavy atom. The molecule has 0 unspecified atom stereocenters. The molecule has 0 amide bonds. The van der Waals surface area contributed by atoms with E-state index in [9.17, 15) is 0 Å². The zero-order valence-electron chi connectivity index (χ0n) is 8.78. The lowest BCUT2D eigenvalue weighted by Gasteiger charge is -2.03. The van der Waals surface area contributed by atoms with Gasteiger partial charge in [-0.25, -0.2) is 19.5 Å². The summed E-state index contributed by atoms with van der Waals surface area (Å²) in [7, 11) is 0. The van der Waals surface area contributed by atoms with Crippen LogP contribution in [0.25, 0.3) is 17.0 Å². The van der Waals surface area contributed by atoms with Crippen LogP contribution in [-0.2, 0) is 0 Å². The molecule has 0 aromatic carbocycles. The number of nitrogens with zero attached hydrogens (tertiary/aromatic N) is 5. The third-order valence-electron chi connectivity index (χ3n) is 2.32. The molecule has 0 radical (unpaired) electrons. The number of hydrogen-bond acceptors (Lipinski definition) is 6. The molecule has 0 bridgehead atoms. The second-order valence-corrected chi connectivity index (χ2v) is 3.43. The van der Waals surface area contributed by atoms with Crippen molar-refractivity contribution in [2.75, 3.05) is 11.5 Å². The molecule has 0 atom stereocenters. The monoisotopic (exact) mass is 227 g/mol. The molecular formula is C10H9N7. The average Bonchev–Trinajstić information content (AvgIpc) is 2.65. The number of fused-ring (bicyclic) bond motifs is 1. The summed E-state index contributed by atoms with van der Waals surface area (Å²) in [5, 5.41) is 0. The zero-order valence-corrected chi connectivity index (χ0v) is 8.78. The highest BCUT2D eigenvalue weighted by Crippen LogP contribution is 2.19. The predicted octanol–water partition coefficient (Wildman–Crippen LogP) is 0.375. The van der Waals surface area contributed by atoms with Gasteiger partial charge in [0.1, 0.15) is 11.3 Å². The van der Waals surface area contributed by atoms with Crippen LogP contribution in [0.15, 0.2) is 30.6 Å². The third-order valence-corrected chi connectivity index (χ3v) is 2.32.